The van der Waals surface area contributed by atoms with Crippen molar-refractivity contribution in [3.63, 3.8) is 0 Å². The van der Waals surface area contributed by atoms with Crippen LogP contribution in [0.4, 0.5) is 0 Å². The highest BCUT2D eigenvalue weighted by molar-refractivity contribution is 6.43. The van der Waals surface area contributed by atoms with E-state index in [0.29, 0.717) is 27.1 Å². The third-order valence-corrected chi connectivity index (χ3v) is 3.25. The van der Waals surface area contributed by atoms with E-state index in [1.54, 1.807) is 30.3 Å². The minimum Gasteiger partial charge on any atom is -0.466 e. The predicted octanol–water partition coefficient (Wildman–Crippen LogP) is 4.44. The van der Waals surface area contributed by atoms with Gasteiger partial charge in [-0.2, -0.15) is 0 Å². The van der Waals surface area contributed by atoms with Crippen LogP contribution in [0.5, 0.6) is 0 Å². The van der Waals surface area contributed by atoms with Gasteiger partial charge in [-0.3, -0.25) is 0 Å². The highest BCUT2D eigenvalue weighted by atomic mass is 35.5. The van der Waals surface area contributed by atoms with Crippen molar-refractivity contribution in [2.75, 3.05) is 7.11 Å². The Labute approximate surface area is 120 Å². The number of halogens is 2. The van der Waals surface area contributed by atoms with E-state index in [1.807, 2.05) is 0 Å². The van der Waals surface area contributed by atoms with Crippen LogP contribution in [0.3, 0.4) is 0 Å². The van der Waals surface area contributed by atoms with Crippen molar-refractivity contribution in [3.05, 3.63) is 52.2 Å². The van der Waals surface area contributed by atoms with Crippen molar-refractivity contribution in [1.29, 1.82) is 0 Å². The second kappa shape index (κ2) is 5.95. The quantitative estimate of drug-likeness (QED) is 0.621. The molecule has 0 saturated heterocycles. The van der Waals surface area contributed by atoms with Crippen molar-refractivity contribution < 1.29 is 13.9 Å². The molecule has 2 rings (SSSR count). The van der Waals surface area contributed by atoms with Gasteiger partial charge in [0.15, 0.2) is 0 Å². The maximum absolute atomic E-state index is 11.0. The number of esters is 1. The minimum absolute atomic E-state index is 0.432. The van der Waals surface area contributed by atoms with E-state index < -0.39 is 5.97 Å². The SMILES string of the molecule is COC(=O)C=Cc1ccc(-c2cccc(Cl)c2Cl)o1. The summed E-state index contributed by atoms with van der Waals surface area (Å²) in [6, 6.07) is 8.78. The zero-order chi connectivity index (χ0) is 13.8. The number of ether oxygens (including phenoxy) is 1. The smallest absolute Gasteiger partial charge is 0.330 e. The fourth-order valence-electron chi connectivity index (χ4n) is 1.50. The number of carbonyl (C=O) groups excluding carboxylic acids is 1. The Morgan fingerprint density at radius 3 is 2.79 bits per heavy atom. The molecule has 98 valence electrons. The van der Waals surface area contributed by atoms with Crippen LogP contribution < -0.4 is 0 Å². The molecule has 0 spiro atoms. The molecule has 0 atom stereocenters. The lowest BCUT2D eigenvalue weighted by Crippen LogP contribution is -1.92. The predicted molar refractivity (Wildman–Crippen MR) is 75.2 cm³/mol. The monoisotopic (exact) mass is 296 g/mol. The summed E-state index contributed by atoms with van der Waals surface area (Å²) in [6.07, 6.45) is 2.80. The molecule has 19 heavy (non-hydrogen) atoms. The van der Waals surface area contributed by atoms with Gasteiger partial charge in [-0.05, 0) is 30.3 Å². The fraction of sp³-hybridized carbons (Fsp3) is 0.0714. The lowest BCUT2D eigenvalue weighted by Gasteiger charge is -2.01. The van der Waals surface area contributed by atoms with Crippen LogP contribution in [0.1, 0.15) is 5.76 Å². The van der Waals surface area contributed by atoms with Gasteiger partial charge in [0, 0.05) is 11.6 Å². The summed E-state index contributed by atoms with van der Waals surface area (Å²) >= 11 is 12.0. The van der Waals surface area contributed by atoms with Crippen LogP contribution >= 0.6 is 23.2 Å². The molecule has 0 aliphatic rings. The standard InChI is InChI=1S/C14H10Cl2O3/c1-18-13(17)8-6-9-5-7-12(19-9)10-3-2-4-11(15)14(10)16/h2-8H,1H3. The van der Waals surface area contributed by atoms with Crippen molar-refractivity contribution >= 4 is 35.2 Å². The Kier molecular flexibility index (Phi) is 4.30. The van der Waals surface area contributed by atoms with E-state index in [4.69, 9.17) is 27.6 Å². The summed E-state index contributed by atoms with van der Waals surface area (Å²) < 4.78 is 10.1. The summed E-state index contributed by atoms with van der Waals surface area (Å²) in [5.74, 6) is 0.659. The number of hydrogen-bond donors (Lipinski definition) is 0. The fourth-order valence-corrected chi connectivity index (χ4v) is 1.89. The van der Waals surface area contributed by atoms with E-state index in [0.717, 1.165) is 0 Å². The lowest BCUT2D eigenvalue weighted by molar-refractivity contribution is -0.134. The summed E-state index contributed by atoms with van der Waals surface area (Å²) in [6.45, 7) is 0. The molecule has 5 heteroatoms. The number of rotatable bonds is 3. The highest BCUT2D eigenvalue weighted by Gasteiger charge is 2.10. The van der Waals surface area contributed by atoms with Crippen LogP contribution in [-0.2, 0) is 9.53 Å². The number of furan rings is 1. The largest absolute Gasteiger partial charge is 0.466 e. The summed E-state index contributed by atoms with van der Waals surface area (Å²) in [7, 11) is 1.31. The van der Waals surface area contributed by atoms with E-state index in [-0.39, 0.29) is 0 Å². The molecule has 0 radical (unpaired) electrons. The number of benzene rings is 1. The molecule has 1 aromatic carbocycles. The molecule has 0 aliphatic heterocycles. The van der Waals surface area contributed by atoms with Crippen molar-refractivity contribution in [2.45, 2.75) is 0 Å². The zero-order valence-electron chi connectivity index (χ0n) is 10.0. The van der Waals surface area contributed by atoms with E-state index >= 15 is 0 Å². The maximum atomic E-state index is 11.0. The van der Waals surface area contributed by atoms with Crippen molar-refractivity contribution in [3.8, 4) is 11.3 Å². The normalized spacial score (nSPS) is 10.9. The highest BCUT2D eigenvalue weighted by Crippen LogP contribution is 2.34. The minimum atomic E-state index is -0.446. The van der Waals surface area contributed by atoms with Gasteiger partial charge in [0.25, 0.3) is 0 Å². The first-order valence-corrected chi connectivity index (χ1v) is 6.17. The molecule has 1 heterocycles. The summed E-state index contributed by atoms with van der Waals surface area (Å²) in [5.41, 5.74) is 0.701. The molecule has 0 N–H and O–H groups in total. The average molecular weight is 297 g/mol. The van der Waals surface area contributed by atoms with Gasteiger partial charge < -0.3 is 9.15 Å². The van der Waals surface area contributed by atoms with E-state index in [1.165, 1.54) is 19.3 Å². The second-order valence-electron chi connectivity index (χ2n) is 3.66. The number of methoxy groups -OCH3 is 1. The Balaban J connectivity index is 2.28. The summed E-state index contributed by atoms with van der Waals surface area (Å²) in [4.78, 5) is 11.0. The van der Waals surface area contributed by atoms with Crippen LogP contribution in [-0.4, -0.2) is 13.1 Å². The molecule has 2 aromatic rings. The molecular weight excluding hydrogens is 287 g/mol. The lowest BCUT2D eigenvalue weighted by atomic mass is 10.2. The average Bonchev–Trinajstić information content (AvgIpc) is 2.87. The van der Waals surface area contributed by atoms with Crippen molar-refractivity contribution in [2.24, 2.45) is 0 Å². The first-order valence-electron chi connectivity index (χ1n) is 5.42. The molecule has 0 aliphatic carbocycles. The van der Waals surface area contributed by atoms with Crippen LogP contribution in [0.15, 0.2) is 40.8 Å². The van der Waals surface area contributed by atoms with Gasteiger partial charge in [0.2, 0.25) is 0 Å². The Morgan fingerprint density at radius 2 is 2.05 bits per heavy atom. The molecule has 3 nitrogen and oxygen atoms in total. The zero-order valence-corrected chi connectivity index (χ0v) is 11.5. The molecule has 0 saturated carbocycles. The van der Waals surface area contributed by atoms with Crippen molar-refractivity contribution in [1.82, 2.24) is 0 Å². The third-order valence-electron chi connectivity index (χ3n) is 2.43. The number of hydrogen-bond acceptors (Lipinski definition) is 3. The van der Waals surface area contributed by atoms with E-state index in [2.05, 4.69) is 4.74 Å². The maximum Gasteiger partial charge on any atom is 0.330 e. The molecule has 0 unspecified atom stereocenters. The molecule has 0 fully saturated rings. The van der Waals surface area contributed by atoms with Gasteiger partial charge >= 0.3 is 5.97 Å². The Morgan fingerprint density at radius 1 is 1.26 bits per heavy atom. The van der Waals surface area contributed by atoms with Crippen LogP contribution in [0, 0.1) is 0 Å². The van der Waals surface area contributed by atoms with Crippen LogP contribution in [0.25, 0.3) is 17.4 Å². The molecule has 0 amide bonds. The van der Waals surface area contributed by atoms with Crippen LogP contribution in [0.2, 0.25) is 10.0 Å². The Bertz CT molecular complexity index is 629. The second-order valence-corrected chi connectivity index (χ2v) is 4.45. The van der Waals surface area contributed by atoms with Gasteiger partial charge in [0.05, 0.1) is 17.2 Å². The number of carbonyl (C=O) groups is 1. The van der Waals surface area contributed by atoms with Gasteiger partial charge in [0.1, 0.15) is 11.5 Å². The first-order chi connectivity index (χ1) is 9.11. The molecule has 1 aromatic heterocycles. The Hall–Kier alpha value is -1.71. The van der Waals surface area contributed by atoms with Gasteiger partial charge in [-0.25, -0.2) is 4.79 Å². The van der Waals surface area contributed by atoms with Gasteiger partial charge in [-0.1, -0.05) is 29.3 Å². The topological polar surface area (TPSA) is 39.4 Å². The first kappa shape index (κ1) is 13.7. The third kappa shape index (κ3) is 3.19. The molecule has 0 bridgehead atoms. The van der Waals surface area contributed by atoms with E-state index in [9.17, 15) is 4.79 Å². The van der Waals surface area contributed by atoms with Gasteiger partial charge in [-0.15, -0.1) is 0 Å². The molecular formula is C14H10Cl2O3. The summed E-state index contributed by atoms with van der Waals surface area (Å²) in [5, 5.41) is 0.893.